The van der Waals surface area contributed by atoms with Gasteiger partial charge in [0.15, 0.2) is 0 Å². The van der Waals surface area contributed by atoms with E-state index in [-0.39, 0.29) is 0 Å². The number of nitrogen functional groups attached to an aromatic ring is 1. The maximum Gasteiger partial charge on any atom is 0.129 e. The molecule has 0 unspecified atom stereocenters. The van der Waals surface area contributed by atoms with Crippen molar-refractivity contribution in [1.82, 2.24) is 15.2 Å². The van der Waals surface area contributed by atoms with Gasteiger partial charge >= 0.3 is 0 Å². The highest BCUT2D eigenvalue weighted by Gasteiger charge is 2.06. The molecule has 3 N–H and O–H groups in total. The van der Waals surface area contributed by atoms with E-state index in [1.54, 1.807) is 13.3 Å². The SMILES string of the molecule is COCc1cc2ccc(-c3ccn[nH]3)cc2nc1N. The molecular weight excluding hydrogens is 240 g/mol. The number of nitrogens with two attached hydrogens (primary N) is 1. The number of aromatic amines is 1. The molecule has 1 aromatic carbocycles. The normalized spacial score (nSPS) is 11.0. The fraction of sp³-hybridized carbons (Fsp3) is 0.143. The molecule has 5 nitrogen and oxygen atoms in total. The lowest BCUT2D eigenvalue weighted by Crippen LogP contribution is -1.99. The summed E-state index contributed by atoms with van der Waals surface area (Å²) in [4.78, 5) is 4.43. The Morgan fingerprint density at radius 1 is 1.26 bits per heavy atom. The maximum atomic E-state index is 5.93. The number of rotatable bonds is 3. The molecule has 96 valence electrons. The van der Waals surface area contributed by atoms with Crippen LogP contribution in [-0.2, 0) is 11.3 Å². The highest BCUT2D eigenvalue weighted by atomic mass is 16.5. The molecule has 3 rings (SSSR count). The van der Waals surface area contributed by atoms with Gasteiger partial charge in [-0.15, -0.1) is 0 Å². The zero-order valence-electron chi connectivity index (χ0n) is 10.6. The lowest BCUT2D eigenvalue weighted by Gasteiger charge is -2.07. The summed E-state index contributed by atoms with van der Waals surface area (Å²) in [6.07, 6.45) is 1.73. The summed E-state index contributed by atoms with van der Waals surface area (Å²) >= 11 is 0. The molecule has 0 aliphatic carbocycles. The Labute approximate surface area is 110 Å². The van der Waals surface area contributed by atoms with Crippen LogP contribution in [-0.4, -0.2) is 22.3 Å². The first-order valence-corrected chi connectivity index (χ1v) is 5.96. The molecule has 0 amide bonds. The number of pyridine rings is 1. The van der Waals surface area contributed by atoms with Crippen LogP contribution >= 0.6 is 0 Å². The molecule has 19 heavy (non-hydrogen) atoms. The van der Waals surface area contributed by atoms with Gasteiger partial charge in [0.25, 0.3) is 0 Å². The molecule has 0 radical (unpaired) electrons. The van der Waals surface area contributed by atoms with Gasteiger partial charge in [-0.25, -0.2) is 4.98 Å². The predicted octanol–water partition coefficient (Wildman–Crippen LogP) is 2.35. The van der Waals surface area contributed by atoms with Crippen molar-refractivity contribution in [1.29, 1.82) is 0 Å². The number of nitrogens with zero attached hydrogens (tertiary/aromatic N) is 2. The number of H-pyrrole nitrogens is 1. The predicted molar refractivity (Wildman–Crippen MR) is 74.5 cm³/mol. The Morgan fingerprint density at radius 3 is 2.89 bits per heavy atom. The van der Waals surface area contributed by atoms with Crippen LogP contribution < -0.4 is 5.73 Å². The number of hydrogen-bond donors (Lipinski definition) is 2. The number of ether oxygens (including phenoxy) is 1. The van der Waals surface area contributed by atoms with E-state index in [4.69, 9.17) is 10.5 Å². The van der Waals surface area contributed by atoms with Gasteiger partial charge in [-0.1, -0.05) is 12.1 Å². The number of methoxy groups -OCH3 is 1. The fourth-order valence-electron chi connectivity index (χ4n) is 2.08. The highest BCUT2D eigenvalue weighted by Crippen LogP contribution is 2.24. The minimum atomic E-state index is 0.469. The van der Waals surface area contributed by atoms with Crippen LogP contribution in [0.4, 0.5) is 5.82 Å². The summed E-state index contributed by atoms with van der Waals surface area (Å²) < 4.78 is 5.11. The van der Waals surface area contributed by atoms with Crippen LogP contribution in [0, 0.1) is 0 Å². The van der Waals surface area contributed by atoms with Gasteiger partial charge in [-0.05, 0) is 18.2 Å². The van der Waals surface area contributed by atoms with Gasteiger partial charge in [-0.3, -0.25) is 5.10 Å². The highest BCUT2D eigenvalue weighted by molar-refractivity contribution is 5.85. The molecule has 0 aliphatic rings. The van der Waals surface area contributed by atoms with E-state index < -0.39 is 0 Å². The molecule has 2 heterocycles. The molecule has 0 atom stereocenters. The summed E-state index contributed by atoms with van der Waals surface area (Å²) in [6.45, 7) is 0.469. The second-order valence-corrected chi connectivity index (χ2v) is 4.34. The monoisotopic (exact) mass is 254 g/mol. The summed E-state index contributed by atoms with van der Waals surface area (Å²) in [7, 11) is 1.64. The van der Waals surface area contributed by atoms with Crippen molar-refractivity contribution in [3.8, 4) is 11.3 Å². The van der Waals surface area contributed by atoms with Crippen molar-refractivity contribution in [3.05, 3.63) is 42.1 Å². The average molecular weight is 254 g/mol. The Balaban J connectivity index is 2.11. The van der Waals surface area contributed by atoms with Crippen molar-refractivity contribution in [3.63, 3.8) is 0 Å². The molecule has 0 spiro atoms. The third-order valence-electron chi connectivity index (χ3n) is 3.04. The molecule has 3 aromatic rings. The van der Waals surface area contributed by atoms with E-state index in [0.29, 0.717) is 12.4 Å². The summed E-state index contributed by atoms with van der Waals surface area (Å²) in [6, 6.07) is 9.99. The van der Waals surface area contributed by atoms with Crippen LogP contribution in [0.15, 0.2) is 36.5 Å². The van der Waals surface area contributed by atoms with Crippen molar-refractivity contribution >= 4 is 16.7 Å². The number of benzene rings is 1. The van der Waals surface area contributed by atoms with Crippen LogP contribution in [0.25, 0.3) is 22.2 Å². The summed E-state index contributed by atoms with van der Waals surface area (Å²) in [5, 5.41) is 7.93. The molecule has 2 aromatic heterocycles. The van der Waals surface area contributed by atoms with Crippen molar-refractivity contribution in [2.24, 2.45) is 0 Å². The number of hydrogen-bond acceptors (Lipinski definition) is 4. The van der Waals surface area contributed by atoms with Crippen LogP contribution in [0.3, 0.4) is 0 Å². The van der Waals surface area contributed by atoms with E-state index >= 15 is 0 Å². The number of fused-ring (bicyclic) bond motifs is 1. The summed E-state index contributed by atoms with van der Waals surface area (Å²) in [5.74, 6) is 0.510. The second-order valence-electron chi connectivity index (χ2n) is 4.34. The van der Waals surface area contributed by atoms with E-state index in [1.165, 1.54) is 0 Å². The number of anilines is 1. The fourth-order valence-corrected chi connectivity index (χ4v) is 2.08. The molecular formula is C14H14N4O. The van der Waals surface area contributed by atoms with Gasteiger partial charge in [-0.2, -0.15) is 5.10 Å². The average Bonchev–Trinajstić information content (AvgIpc) is 2.93. The second kappa shape index (κ2) is 4.70. The largest absolute Gasteiger partial charge is 0.383 e. The van der Waals surface area contributed by atoms with Crippen LogP contribution in [0.2, 0.25) is 0 Å². The Bertz CT molecular complexity index is 707. The Morgan fingerprint density at radius 2 is 2.16 bits per heavy atom. The first-order chi connectivity index (χ1) is 9.28. The minimum absolute atomic E-state index is 0.469. The van der Waals surface area contributed by atoms with Crippen molar-refractivity contribution in [2.45, 2.75) is 6.61 Å². The molecule has 0 bridgehead atoms. The first kappa shape index (κ1) is 11.7. The minimum Gasteiger partial charge on any atom is -0.383 e. The number of aromatic nitrogens is 3. The van der Waals surface area contributed by atoms with E-state index in [0.717, 1.165) is 27.7 Å². The van der Waals surface area contributed by atoms with Gasteiger partial charge in [0.2, 0.25) is 0 Å². The maximum absolute atomic E-state index is 5.93. The quantitative estimate of drug-likeness (QED) is 0.752. The topological polar surface area (TPSA) is 76.8 Å². The van der Waals surface area contributed by atoms with Gasteiger partial charge < -0.3 is 10.5 Å². The zero-order valence-corrected chi connectivity index (χ0v) is 10.6. The lowest BCUT2D eigenvalue weighted by atomic mass is 10.1. The van der Waals surface area contributed by atoms with E-state index in [9.17, 15) is 0 Å². The summed E-state index contributed by atoms with van der Waals surface area (Å²) in [5.41, 5.74) is 9.70. The number of nitrogens with one attached hydrogen (secondary N) is 1. The standard InChI is InChI=1S/C14H14N4O/c1-19-8-11-6-9-2-3-10(12-4-5-16-18-12)7-13(9)17-14(11)15/h2-7H,8H2,1H3,(H2,15,17)(H,16,18). The zero-order chi connectivity index (χ0) is 13.2. The van der Waals surface area contributed by atoms with Crippen LogP contribution in [0.1, 0.15) is 5.56 Å². The van der Waals surface area contributed by atoms with E-state index in [2.05, 4.69) is 15.2 Å². The van der Waals surface area contributed by atoms with E-state index in [1.807, 2.05) is 30.3 Å². The van der Waals surface area contributed by atoms with Gasteiger partial charge in [0.1, 0.15) is 5.82 Å². The van der Waals surface area contributed by atoms with Crippen molar-refractivity contribution in [2.75, 3.05) is 12.8 Å². The first-order valence-electron chi connectivity index (χ1n) is 5.96. The van der Waals surface area contributed by atoms with Crippen LogP contribution in [0.5, 0.6) is 0 Å². The molecule has 0 fully saturated rings. The Hall–Kier alpha value is -2.40. The molecule has 5 heteroatoms. The van der Waals surface area contributed by atoms with Gasteiger partial charge in [0, 0.05) is 29.8 Å². The molecule has 0 saturated heterocycles. The van der Waals surface area contributed by atoms with Crippen molar-refractivity contribution < 1.29 is 4.74 Å². The third-order valence-corrected chi connectivity index (χ3v) is 3.04. The lowest BCUT2D eigenvalue weighted by molar-refractivity contribution is 0.185. The molecule has 0 saturated carbocycles. The Kier molecular flexibility index (Phi) is 2.89. The third kappa shape index (κ3) is 2.15. The van der Waals surface area contributed by atoms with Gasteiger partial charge in [0.05, 0.1) is 17.8 Å². The molecule has 0 aliphatic heterocycles. The smallest absolute Gasteiger partial charge is 0.129 e.